The third-order valence-corrected chi connectivity index (χ3v) is 5.80. The first-order chi connectivity index (χ1) is 10.3. The molecule has 0 aromatic carbocycles. The number of nitrogens with one attached hydrogen (secondary N) is 1. The van der Waals surface area contributed by atoms with Crippen LogP contribution in [-0.4, -0.2) is 11.5 Å². The molecule has 21 heavy (non-hydrogen) atoms. The van der Waals surface area contributed by atoms with E-state index in [9.17, 15) is 0 Å². The standard InChI is InChI=1S/C18H27ClN2/c19-17-6-5-16(14-21-17)20-12-4-2-1-3-9-18-10-7-15(13-18)8-11-18/h5-6,14-15,20H,1-4,7-13H2. The van der Waals surface area contributed by atoms with E-state index in [0.29, 0.717) is 5.15 Å². The highest BCUT2D eigenvalue weighted by molar-refractivity contribution is 6.29. The molecule has 1 heterocycles. The molecule has 116 valence electrons. The average Bonchev–Trinajstić information content (AvgIpc) is 3.09. The monoisotopic (exact) mass is 306 g/mol. The molecule has 0 saturated heterocycles. The molecule has 3 heteroatoms. The molecule has 2 nitrogen and oxygen atoms in total. The minimum absolute atomic E-state index is 0.556. The number of hydrogen-bond donors (Lipinski definition) is 1. The molecule has 2 bridgehead atoms. The van der Waals surface area contributed by atoms with Crippen LogP contribution in [0.25, 0.3) is 0 Å². The lowest BCUT2D eigenvalue weighted by Gasteiger charge is -2.26. The Kier molecular flexibility index (Phi) is 5.05. The van der Waals surface area contributed by atoms with E-state index in [2.05, 4.69) is 10.3 Å². The molecule has 0 aliphatic heterocycles. The van der Waals surface area contributed by atoms with E-state index in [1.54, 1.807) is 12.6 Å². The summed E-state index contributed by atoms with van der Waals surface area (Å²) in [4.78, 5) is 4.08. The summed E-state index contributed by atoms with van der Waals surface area (Å²) in [5, 5.41) is 3.96. The predicted octanol–water partition coefficient (Wildman–Crippen LogP) is 5.68. The Balaban J connectivity index is 1.23. The molecule has 2 fully saturated rings. The highest BCUT2D eigenvalue weighted by Crippen LogP contribution is 2.56. The molecular formula is C18H27ClN2. The molecule has 1 N–H and O–H groups in total. The van der Waals surface area contributed by atoms with Crippen molar-refractivity contribution in [3.8, 4) is 0 Å². The van der Waals surface area contributed by atoms with Gasteiger partial charge < -0.3 is 5.32 Å². The SMILES string of the molecule is Clc1ccc(NCCCCCCC23CCC(CC2)C3)cn1. The molecule has 1 aromatic rings. The summed E-state index contributed by atoms with van der Waals surface area (Å²) in [6.07, 6.45) is 16.4. The second kappa shape index (κ2) is 7.00. The Hall–Kier alpha value is -0.760. The summed E-state index contributed by atoms with van der Waals surface area (Å²) >= 11 is 5.77. The molecule has 2 aliphatic rings. The second-order valence-corrected chi connectivity index (χ2v) is 7.50. The average molecular weight is 307 g/mol. The summed E-state index contributed by atoms with van der Waals surface area (Å²) in [5.74, 6) is 1.10. The third-order valence-electron chi connectivity index (χ3n) is 5.58. The zero-order chi connectivity index (χ0) is 14.5. The summed E-state index contributed by atoms with van der Waals surface area (Å²) in [6.45, 7) is 1.04. The largest absolute Gasteiger partial charge is 0.384 e. The van der Waals surface area contributed by atoms with Crippen LogP contribution in [0.5, 0.6) is 0 Å². The first-order valence-electron chi connectivity index (χ1n) is 8.61. The quantitative estimate of drug-likeness (QED) is 0.494. The maximum Gasteiger partial charge on any atom is 0.129 e. The van der Waals surface area contributed by atoms with Crippen molar-refractivity contribution in [2.75, 3.05) is 11.9 Å². The van der Waals surface area contributed by atoms with Crippen LogP contribution < -0.4 is 5.32 Å². The Bertz CT molecular complexity index is 435. The van der Waals surface area contributed by atoms with Gasteiger partial charge in [-0.1, -0.05) is 30.9 Å². The van der Waals surface area contributed by atoms with Gasteiger partial charge in [-0.2, -0.15) is 0 Å². The fraction of sp³-hybridized carbons (Fsp3) is 0.722. The van der Waals surface area contributed by atoms with Gasteiger partial charge in [0.15, 0.2) is 0 Å². The first-order valence-corrected chi connectivity index (χ1v) is 8.99. The number of aromatic nitrogens is 1. The lowest BCUT2D eigenvalue weighted by molar-refractivity contribution is 0.260. The maximum atomic E-state index is 5.77. The van der Waals surface area contributed by atoms with Crippen LogP contribution in [0.3, 0.4) is 0 Å². The molecule has 0 amide bonds. The van der Waals surface area contributed by atoms with Crippen LogP contribution >= 0.6 is 11.6 Å². The zero-order valence-corrected chi connectivity index (χ0v) is 13.7. The van der Waals surface area contributed by atoms with Gasteiger partial charge in [0, 0.05) is 6.54 Å². The Morgan fingerprint density at radius 3 is 2.62 bits per heavy atom. The van der Waals surface area contributed by atoms with Gasteiger partial charge in [-0.15, -0.1) is 0 Å². The van der Waals surface area contributed by atoms with Gasteiger partial charge >= 0.3 is 0 Å². The molecule has 0 radical (unpaired) electrons. The number of pyridine rings is 1. The number of hydrogen-bond acceptors (Lipinski definition) is 2. The van der Waals surface area contributed by atoms with Crippen molar-refractivity contribution in [3.63, 3.8) is 0 Å². The number of unbranched alkanes of at least 4 members (excludes halogenated alkanes) is 3. The lowest BCUT2D eigenvalue weighted by Crippen LogP contribution is -2.13. The van der Waals surface area contributed by atoms with Crippen molar-refractivity contribution in [3.05, 3.63) is 23.5 Å². The highest BCUT2D eigenvalue weighted by atomic mass is 35.5. The molecule has 0 spiro atoms. The van der Waals surface area contributed by atoms with Crippen LogP contribution in [-0.2, 0) is 0 Å². The van der Waals surface area contributed by atoms with Crippen LogP contribution in [0.15, 0.2) is 18.3 Å². The number of nitrogens with zero attached hydrogens (tertiary/aromatic N) is 1. The fourth-order valence-electron chi connectivity index (χ4n) is 4.35. The van der Waals surface area contributed by atoms with Gasteiger partial charge in [0.2, 0.25) is 0 Å². The zero-order valence-electron chi connectivity index (χ0n) is 12.9. The summed E-state index contributed by atoms with van der Waals surface area (Å²) in [7, 11) is 0. The van der Waals surface area contributed by atoms with Crippen LogP contribution in [0, 0.1) is 11.3 Å². The molecule has 0 atom stereocenters. The molecule has 0 unspecified atom stereocenters. The normalized spacial score (nSPS) is 27.2. The number of rotatable bonds is 8. The van der Waals surface area contributed by atoms with Gasteiger partial charge in [-0.25, -0.2) is 4.98 Å². The summed E-state index contributed by atoms with van der Waals surface area (Å²) in [5.41, 5.74) is 1.86. The van der Waals surface area contributed by atoms with Gasteiger partial charge in [0.25, 0.3) is 0 Å². The molecule has 3 rings (SSSR count). The summed E-state index contributed by atoms with van der Waals surface area (Å²) in [6, 6.07) is 3.82. The number of halogens is 1. The van der Waals surface area contributed by atoms with Gasteiger partial charge in [0.05, 0.1) is 11.9 Å². The van der Waals surface area contributed by atoms with Crippen LogP contribution in [0.4, 0.5) is 5.69 Å². The van der Waals surface area contributed by atoms with E-state index in [4.69, 9.17) is 11.6 Å². The molecule has 2 saturated carbocycles. The number of anilines is 1. The van der Waals surface area contributed by atoms with E-state index < -0.39 is 0 Å². The van der Waals surface area contributed by atoms with Crippen molar-refractivity contribution in [1.29, 1.82) is 0 Å². The predicted molar refractivity (Wildman–Crippen MR) is 89.8 cm³/mol. The van der Waals surface area contributed by atoms with Crippen molar-refractivity contribution in [1.82, 2.24) is 4.98 Å². The fourth-order valence-corrected chi connectivity index (χ4v) is 4.47. The Morgan fingerprint density at radius 1 is 1.14 bits per heavy atom. The Morgan fingerprint density at radius 2 is 1.95 bits per heavy atom. The summed E-state index contributed by atoms with van der Waals surface area (Å²) < 4.78 is 0. The lowest BCUT2D eigenvalue weighted by atomic mass is 9.79. The minimum atomic E-state index is 0.556. The molecule has 1 aromatic heterocycles. The van der Waals surface area contributed by atoms with Gasteiger partial charge in [-0.05, 0) is 68.4 Å². The van der Waals surface area contributed by atoms with Gasteiger partial charge in [0.1, 0.15) is 5.15 Å². The molecule has 2 aliphatic carbocycles. The number of fused-ring (bicyclic) bond motifs is 2. The van der Waals surface area contributed by atoms with E-state index in [1.807, 2.05) is 12.1 Å². The topological polar surface area (TPSA) is 24.9 Å². The van der Waals surface area contributed by atoms with Crippen molar-refractivity contribution < 1.29 is 0 Å². The van der Waals surface area contributed by atoms with Crippen molar-refractivity contribution in [2.24, 2.45) is 11.3 Å². The van der Waals surface area contributed by atoms with Gasteiger partial charge in [-0.3, -0.25) is 0 Å². The van der Waals surface area contributed by atoms with Crippen LogP contribution in [0.2, 0.25) is 5.15 Å². The minimum Gasteiger partial charge on any atom is -0.384 e. The molecular weight excluding hydrogens is 280 g/mol. The smallest absolute Gasteiger partial charge is 0.129 e. The second-order valence-electron chi connectivity index (χ2n) is 7.11. The Labute approximate surface area is 133 Å². The first kappa shape index (κ1) is 15.1. The van der Waals surface area contributed by atoms with Crippen LogP contribution in [0.1, 0.15) is 64.2 Å². The van der Waals surface area contributed by atoms with E-state index >= 15 is 0 Å². The highest BCUT2D eigenvalue weighted by Gasteiger charge is 2.43. The maximum absolute atomic E-state index is 5.77. The van der Waals surface area contributed by atoms with E-state index in [-0.39, 0.29) is 0 Å². The third kappa shape index (κ3) is 4.12. The van der Waals surface area contributed by atoms with E-state index in [0.717, 1.165) is 23.6 Å². The van der Waals surface area contributed by atoms with Crippen molar-refractivity contribution in [2.45, 2.75) is 64.2 Å². The van der Waals surface area contributed by atoms with Crippen molar-refractivity contribution >= 4 is 17.3 Å². The van der Waals surface area contributed by atoms with E-state index in [1.165, 1.54) is 57.8 Å².